The molecule has 2 aliphatic heterocycles. The second kappa shape index (κ2) is 6.54. The van der Waals surface area contributed by atoms with Crippen LogP contribution in [0.2, 0.25) is 0 Å². The summed E-state index contributed by atoms with van der Waals surface area (Å²) in [5, 5.41) is 20.7. The summed E-state index contributed by atoms with van der Waals surface area (Å²) in [6.45, 7) is 0. The predicted molar refractivity (Wildman–Crippen MR) is 96.8 cm³/mol. The van der Waals surface area contributed by atoms with Gasteiger partial charge in [0, 0.05) is 11.4 Å². The minimum atomic E-state index is -3.60. The van der Waals surface area contributed by atoms with E-state index in [4.69, 9.17) is 0 Å². The maximum atomic E-state index is 13.8. The van der Waals surface area contributed by atoms with Gasteiger partial charge in [-0.25, -0.2) is 17.2 Å². The Hall–Kier alpha value is -2.03. The SMILES string of the molecule is O=S1(=O)C[C@H](O)[C@H](O)[C@@H](N2c3ccc(F)cc3CCc3cc(F)ccc32)C1. The van der Waals surface area contributed by atoms with Crippen LogP contribution in [0.25, 0.3) is 0 Å². The van der Waals surface area contributed by atoms with Crippen LogP contribution in [0, 0.1) is 11.6 Å². The van der Waals surface area contributed by atoms with Gasteiger partial charge in [-0.05, 0) is 60.4 Å². The molecule has 0 bridgehead atoms. The summed E-state index contributed by atoms with van der Waals surface area (Å²) in [5.74, 6) is -1.73. The normalized spacial score (nSPS) is 26.8. The average Bonchev–Trinajstić information content (AvgIpc) is 2.74. The van der Waals surface area contributed by atoms with E-state index in [0.29, 0.717) is 35.3 Å². The summed E-state index contributed by atoms with van der Waals surface area (Å²) in [5.41, 5.74) is 2.37. The highest BCUT2D eigenvalue weighted by Crippen LogP contribution is 2.40. The van der Waals surface area contributed by atoms with Crippen molar-refractivity contribution in [2.75, 3.05) is 16.4 Å². The van der Waals surface area contributed by atoms with E-state index in [1.54, 1.807) is 4.90 Å². The first-order valence-corrected chi connectivity index (χ1v) is 10.5. The Bertz CT molecular complexity index is 942. The van der Waals surface area contributed by atoms with E-state index >= 15 is 0 Å². The Morgan fingerprint density at radius 2 is 1.41 bits per heavy atom. The van der Waals surface area contributed by atoms with Gasteiger partial charge in [-0.1, -0.05) is 0 Å². The highest BCUT2D eigenvalue weighted by atomic mass is 32.2. The molecule has 4 rings (SSSR count). The lowest BCUT2D eigenvalue weighted by Gasteiger charge is -2.41. The Kier molecular flexibility index (Phi) is 4.44. The number of aliphatic hydroxyl groups is 2. The largest absolute Gasteiger partial charge is 0.389 e. The number of hydrogen-bond donors (Lipinski definition) is 2. The summed E-state index contributed by atoms with van der Waals surface area (Å²) in [4.78, 5) is 1.61. The Labute approximate surface area is 155 Å². The van der Waals surface area contributed by atoms with Crippen molar-refractivity contribution in [1.29, 1.82) is 0 Å². The van der Waals surface area contributed by atoms with E-state index in [1.807, 2.05) is 0 Å². The van der Waals surface area contributed by atoms with Crippen molar-refractivity contribution in [3.63, 3.8) is 0 Å². The van der Waals surface area contributed by atoms with Crippen LogP contribution >= 0.6 is 0 Å². The second-order valence-electron chi connectivity index (χ2n) is 7.12. The number of hydrogen-bond acceptors (Lipinski definition) is 5. The van der Waals surface area contributed by atoms with Crippen molar-refractivity contribution in [2.24, 2.45) is 0 Å². The minimum Gasteiger partial charge on any atom is -0.389 e. The number of sulfone groups is 1. The van der Waals surface area contributed by atoms with Crippen LogP contribution < -0.4 is 4.90 Å². The van der Waals surface area contributed by atoms with E-state index in [1.165, 1.54) is 36.4 Å². The lowest BCUT2D eigenvalue weighted by molar-refractivity contribution is 0.0166. The molecule has 2 aromatic rings. The highest BCUT2D eigenvalue weighted by Gasteiger charge is 2.43. The molecular formula is C19H19F2NO4S. The number of rotatable bonds is 1. The topological polar surface area (TPSA) is 77.8 Å². The fourth-order valence-corrected chi connectivity index (χ4v) is 5.72. The van der Waals surface area contributed by atoms with Crippen molar-refractivity contribution in [1.82, 2.24) is 0 Å². The van der Waals surface area contributed by atoms with Crippen molar-refractivity contribution >= 4 is 21.2 Å². The second-order valence-corrected chi connectivity index (χ2v) is 9.27. The summed E-state index contributed by atoms with van der Waals surface area (Å²) in [7, 11) is -3.60. The third kappa shape index (κ3) is 3.33. The van der Waals surface area contributed by atoms with Gasteiger partial charge in [0.25, 0.3) is 0 Å². The number of aliphatic hydroxyl groups excluding tert-OH is 2. The third-order valence-corrected chi connectivity index (χ3v) is 6.93. The number of fused-ring (bicyclic) bond motifs is 2. The Morgan fingerprint density at radius 3 is 1.93 bits per heavy atom. The molecule has 2 N–H and O–H groups in total. The predicted octanol–water partition coefficient (Wildman–Crippen LogP) is 1.72. The average molecular weight is 395 g/mol. The van der Waals surface area contributed by atoms with E-state index < -0.39 is 45.5 Å². The molecule has 1 saturated heterocycles. The van der Waals surface area contributed by atoms with Crippen molar-refractivity contribution in [2.45, 2.75) is 31.1 Å². The summed E-state index contributed by atoms with van der Waals surface area (Å²) in [6.07, 6.45) is -1.86. The molecule has 5 nitrogen and oxygen atoms in total. The van der Waals surface area contributed by atoms with Gasteiger partial charge in [-0.15, -0.1) is 0 Å². The molecule has 0 aromatic heterocycles. The molecule has 0 aliphatic carbocycles. The van der Waals surface area contributed by atoms with E-state index in [0.717, 1.165) is 0 Å². The standard InChI is InChI=1S/C19H19F2NO4S/c20-13-3-5-15-11(7-13)1-2-12-8-14(21)4-6-16(12)22(15)17-9-27(25,26)10-18(23)19(17)24/h3-8,17-19,23-24H,1-2,9-10H2/t17-,18-,19+/m0/s1. The molecule has 2 aromatic carbocycles. The molecule has 0 unspecified atom stereocenters. The number of aryl methyl sites for hydroxylation is 2. The first kappa shape index (κ1) is 18.3. The lowest BCUT2D eigenvalue weighted by Crippen LogP contribution is -2.57. The van der Waals surface area contributed by atoms with Crippen molar-refractivity contribution in [3.05, 3.63) is 59.2 Å². The maximum absolute atomic E-state index is 13.8. The van der Waals surface area contributed by atoms with Crippen LogP contribution in [0.15, 0.2) is 36.4 Å². The first-order chi connectivity index (χ1) is 12.7. The van der Waals surface area contributed by atoms with E-state index in [-0.39, 0.29) is 5.75 Å². The van der Waals surface area contributed by atoms with Crippen molar-refractivity contribution in [3.8, 4) is 0 Å². The molecule has 2 heterocycles. The Balaban J connectivity index is 1.92. The zero-order valence-electron chi connectivity index (χ0n) is 14.3. The number of anilines is 2. The molecule has 27 heavy (non-hydrogen) atoms. The fourth-order valence-electron chi connectivity index (χ4n) is 4.00. The van der Waals surface area contributed by atoms with Gasteiger partial charge in [-0.3, -0.25) is 0 Å². The van der Waals surface area contributed by atoms with Crippen LogP contribution in [-0.4, -0.2) is 48.4 Å². The van der Waals surface area contributed by atoms with Crippen LogP contribution in [-0.2, 0) is 22.7 Å². The van der Waals surface area contributed by atoms with E-state index in [2.05, 4.69) is 0 Å². The molecule has 1 fully saturated rings. The van der Waals surface area contributed by atoms with Crippen LogP contribution in [0.3, 0.4) is 0 Å². The zero-order valence-corrected chi connectivity index (χ0v) is 15.2. The Morgan fingerprint density at radius 1 is 0.889 bits per heavy atom. The number of benzene rings is 2. The quantitative estimate of drug-likeness (QED) is 0.769. The third-order valence-electron chi connectivity index (χ3n) is 5.24. The molecule has 144 valence electrons. The number of halogens is 2. The highest BCUT2D eigenvalue weighted by molar-refractivity contribution is 7.91. The molecule has 2 aliphatic rings. The summed E-state index contributed by atoms with van der Waals surface area (Å²) >= 11 is 0. The van der Waals surface area contributed by atoms with Gasteiger partial charge < -0.3 is 15.1 Å². The van der Waals surface area contributed by atoms with Crippen LogP contribution in [0.1, 0.15) is 11.1 Å². The monoisotopic (exact) mass is 395 g/mol. The molecule has 0 spiro atoms. The van der Waals surface area contributed by atoms with Crippen LogP contribution in [0.5, 0.6) is 0 Å². The lowest BCUT2D eigenvalue weighted by atomic mass is 10.0. The van der Waals surface area contributed by atoms with Gasteiger partial charge >= 0.3 is 0 Å². The molecule has 0 amide bonds. The molecule has 3 atom stereocenters. The minimum absolute atomic E-state index is 0.362. The molecule has 8 heteroatoms. The molecular weight excluding hydrogens is 376 g/mol. The van der Waals surface area contributed by atoms with Gasteiger partial charge in [0.1, 0.15) is 17.7 Å². The molecule has 0 radical (unpaired) electrons. The summed E-state index contributed by atoms with van der Waals surface area (Å²) < 4.78 is 52.1. The maximum Gasteiger partial charge on any atom is 0.155 e. The van der Waals surface area contributed by atoms with Crippen LogP contribution in [0.4, 0.5) is 20.2 Å². The van der Waals surface area contributed by atoms with Gasteiger partial charge in [-0.2, -0.15) is 0 Å². The van der Waals surface area contributed by atoms with Gasteiger partial charge in [0.05, 0.1) is 23.7 Å². The van der Waals surface area contributed by atoms with Gasteiger partial charge in [0.2, 0.25) is 0 Å². The van der Waals surface area contributed by atoms with Gasteiger partial charge in [0.15, 0.2) is 9.84 Å². The smallest absolute Gasteiger partial charge is 0.155 e. The summed E-state index contributed by atoms with van der Waals surface area (Å²) in [6, 6.07) is 7.36. The molecule has 0 saturated carbocycles. The first-order valence-electron chi connectivity index (χ1n) is 8.68. The number of nitrogens with zero attached hydrogens (tertiary/aromatic N) is 1. The zero-order chi connectivity index (χ0) is 19.3. The van der Waals surface area contributed by atoms with Crippen molar-refractivity contribution < 1.29 is 27.4 Å². The van der Waals surface area contributed by atoms with E-state index in [9.17, 15) is 27.4 Å². The fraction of sp³-hybridized carbons (Fsp3) is 0.368.